The maximum atomic E-state index is 11.2. The van der Waals surface area contributed by atoms with E-state index in [1.807, 2.05) is 0 Å². The SMILES string of the molecule is N[C@@H](CNC(=O)Cc1cnc[nH]1)C(=O)O. The minimum Gasteiger partial charge on any atom is -0.480 e. The first-order valence-electron chi connectivity index (χ1n) is 4.32. The molecule has 1 amide bonds. The Bertz CT molecular complexity index is 336. The van der Waals surface area contributed by atoms with E-state index in [0.717, 1.165) is 0 Å². The zero-order chi connectivity index (χ0) is 11.3. The fourth-order valence-corrected chi connectivity index (χ4v) is 0.928. The molecule has 1 rings (SSSR count). The van der Waals surface area contributed by atoms with Gasteiger partial charge in [-0.3, -0.25) is 9.59 Å². The smallest absolute Gasteiger partial charge is 0.322 e. The van der Waals surface area contributed by atoms with Gasteiger partial charge in [-0.15, -0.1) is 0 Å². The lowest BCUT2D eigenvalue weighted by Gasteiger charge is -2.07. The summed E-state index contributed by atoms with van der Waals surface area (Å²) in [5, 5.41) is 10.9. The van der Waals surface area contributed by atoms with Gasteiger partial charge in [-0.2, -0.15) is 0 Å². The van der Waals surface area contributed by atoms with Gasteiger partial charge in [0.05, 0.1) is 12.7 Å². The number of nitrogens with zero attached hydrogens (tertiary/aromatic N) is 1. The molecule has 15 heavy (non-hydrogen) atoms. The molecule has 7 heteroatoms. The second-order valence-electron chi connectivity index (χ2n) is 3.00. The van der Waals surface area contributed by atoms with Crippen molar-refractivity contribution >= 4 is 11.9 Å². The fraction of sp³-hybridized carbons (Fsp3) is 0.375. The predicted octanol–water partition coefficient (Wildman–Crippen LogP) is -1.52. The third-order valence-corrected chi connectivity index (χ3v) is 1.74. The lowest BCUT2D eigenvalue weighted by molar-refractivity contribution is -0.138. The van der Waals surface area contributed by atoms with Crippen LogP contribution in [0.3, 0.4) is 0 Å². The predicted molar refractivity (Wildman–Crippen MR) is 50.9 cm³/mol. The van der Waals surface area contributed by atoms with Gasteiger partial charge in [-0.05, 0) is 0 Å². The number of hydrogen-bond acceptors (Lipinski definition) is 4. The quantitative estimate of drug-likeness (QED) is 0.472. The molecule has 0 aliphatic heterocycles. The van der Waals surface area contributed by atoms with Crippen molar-refractivity contribution < 1.29 is 14.7 Å². The van der Waals surface area contributed by atoms with Crippen molar-refractivity contribution in [2.45, 2.75) is 12.5 Å². The number of aromatic amines is 1. The van der Waals surface area contributed by atoms with Crippen LogP contribution in [0.25, 0.3) is 0 Å². The van der Waals surface area contributed by atoms with E-state index in [1.54, 1.807) is 0 Å². The summed E-state index contributed by atoms with van der Waals surface area (Å²) in [6.07, 6.45) is 3.12. The summed E-state index contributed by atoms with van der Waals surface area (Å²) >= 11 is 0. The van der Waals surface area contributed by atoms with Gasteiger partial charge in [0, 0.05) is 18.4 Å². The number of carbonyl (C=O) groups is 2. The third kappa shape index (κ3) is 3.77. The first kappa shape index (κ1) is 11.2. The number of carboxylic acids is 1. The van der Waals surface area contributed by atoms with Crippen LogP contribution >= 0.6 is 0 Å². The second-order valence-corrected chi connectivity index (χ2v) is 3.00. The molecular weight excluding hydrogens is 200 g/mol. The second kappa shape index (κ2) is 5.11. The van der Waals surface area contributed by atoms with Crippen LogP contribution in [0, 0.1) is 0 Å². The van der Waals surface area contributed by atoms with Crippen molar-refractivity contribution in [3.63, 3.8) is 0 Å². The van der Waals surface area contributed by atoms with Gasteiger partial charge in [-0.25, -0.2) is 4.98 Å². The standard InChI is InChI=1S/C8H12N4O3/c9-6(8(14)15)3-11-7(13)1-5-2-10-4-12-5/h2,4,6H,1,3,9H2,(H,10,12)(H,11,13)(H,14,15)/t6-/m0/s1. The lowest BCUT2D eigenvalue weighted by Crippen LogP contribution is -2.42. The maximum Gasteiger partial charge on any atom is 0.322 e. The molecule has 0 fully saturated rings. The summed E-state index contributed by atoms with van der Waals surface area (Å²) in [5.41, 5.74) is 5.87. The van der Waals surface area contributed by atoms with Crippen LogP contribution in [0.5, 0.6) is 0 Å². The van der Waals surface area contributed by atoms with Crippen LogP contribution in [0.2, 0.25) is 0 Å². The molecule has 0 saturated heterocycles. The molecule has 0 spiro atoms. The summed E-state index contributed by atoms with van der Waals surface area (Å²) in [6.45, 7) is -0.0810. The van der Waals surface area contributed by atoms with Gasteiger partial charge in [0.25, 0.3) is 0 Å². The molecule has 1 aromatic rings. The van der Waals surface area contributed by atoms with Crippen LogP contribution in [0.1, 0.15) is 5.69 Å². The number of aliphatic carboxylic acids is 1. The molecule has 5 N–H and O–H groups in total. The van der Waals surface area contributed by atoms with Gasteiger partial charge >= 0.3 is 5.97 Å². The van der Waals surface area contributed by atoms with Crippen molar-refractivity contribution in [1.82, 2.24) is 15.3 Å². The Morgan fingerprint density at radius 1 is 1.67 bits per heavy atom. The number of rotatable bonds is 5. The van der Waals surface area contributed by atoms with Crippen LogP contribution < -0.4 is 11.1 Å². The molecule has 1 heterocycles. The van der Waals surface area contributed by atoms with Crippen LogP contribution in [0.15, 0.2) is 12.5 Å². The number of carbonyl (C=O) groups excluding carboxylic acids is 1. The number of aromatic nitrogens is 2. The summed E-state index contributed by atoms with van der Waals surface area (Å²) in [6, 6.07) is -1.07. The van der Waals surface area contributed by atoms with Gasteiger partial charge in [0.1, 0.15) is 6.04 Å². The Labute approximate surface area is 85.7 Å². The van der Waals surface area contributed by atoms with Crippen molar-refractivity contribution in [2.24, 2.45) is 5.73 Å². The Morgan fingerprint density at radius 3 is 2.93 bits per heavy atom. The molecule has 0 bridgehead atoms. The van der Waals surface area contributed by atoms with Crippen molar-refractivity contribution in [1.29, 1.82) is 0 Å². The Hall–Kier alpha value is -1.89. The maximum absolute atomic E-state index is 11.2. The first-order valence-corrected chi connectivity index (χ1v) is 4.32. The highest BCUT2D eigenvalue weighted by atomic mass is 16.4. The Morgan fingerprint density at radius 2 is 2.40 bits per heavy atom. The zero-order valence-electron chi connectivity index (χ0n) is 7.93. The van der Waals surface area contributed by atoms with Crippen LogP contribution in [-0.4, -0.2) is 39.5 Å². The molecular formula is C8H12N4O3. The van der Waals surface area contributed by atoms with Crippen molar-refractivity contribution in [3.8, 4) is 0 Å². The van der Waals surface area contributed by atoms with Crippen LogP contribution in [0.4, 0.5) is 0 Å². The van der Waals surface area contributed by atoms with E-state index in [4.69, 9.17) is 10.8 Å². The summed E-state index contributed by atoms with van der Waals surface area (Å²) in [4.78, 5) is 28.1. The lowest BCUT2D eigenvalue weighted by atomic mass is 10.3. The molecule has 0 aliphatic rings. The monoisotopic (exact) mass is 212 g/mol. The van der Waals surface area contributed by atoms with E-state index in [9.17, 15) is 9.59 Å². The van der Waals surface area contributed by atoms with E-state index in [-0.39, 0.29) is 18.9 Å². The highest BCUT2D eigenvalue weighted by Crippen LogP contribution is 1.91. The summed E-state index contributed by atoms with van der Waals surface area (Å²) in [5.74, 6) is -1.44. The number of nitrogens with one attached hydrogen (secondary N) is 2. The molecule has 0 unspecified atom stereocenters. The number of imidazole rings is 1. The number of nitrogens with two attached hydrogens (primary N) is 1. The van der Waals surface area contributed by atoms with Gasteiger partial charge in [-0.1, -0.05) is 0 Å². The Kier molecular flexibility index (Phi) is 3.81. The van der Waals surface area contributed by atoms with Gasteiger partial charge in [0.2, 0.25) is 5.91 Å². The molecule has 0 saturated carbocycles. The van der Waals surface area contributed by atoms with Gasteiger partial charge in [0.15, 0.2) is 0 Å². The number of carboxylic acid groups (broad SMARTS) is 1. The topological polar surface area (TPSA) is 121 Å². The Balaban J connectivity index is 2.28. The van der Waals surface area contributed by atoms with Gasteiger partial charge < -0.3 is 21.1 Å². The number of H-pyrrole nitrogens is 1. The molecule has 1 aromatic heterocycles. The van der Waals surface area contributed by atoms with E-state index >= 15 is 0 Å². The van der Waals surface area contributed by atoms with Crippen LogP contribution in [-0.2, 0) is 16.0 Å². The molecule has 0 aliphatic carbocycles. The van der Waals surface area contributed by atoms with E-state index in [2.05, 4.69) is 15.3 Å². The average Bonchev–Trinajstić information content (AvgIpc) is 2.66. The highest BCUT2D eigenvalue weighted by molar-refractivity contribution is 5.79. The highest BCUT2D eigenvalue weighted by Gasteiger charge is 2.12. The van der Waals surface area contributed by atoms with E-state index in [0.29, 0.717) is 5.69 Å². The largest absolute Gasteiger partial charge is 0.480 e. The summed E-state index contributed by atoms with van der Waals surface area (Å²) in [7, 11) is 0. The molecule has 7 nitrogen and oxygen atoms in total. The third-order valence-electron chi connectivity index (χ3n) is 1.74. The van der Waals surface area contributed by atoms with E-state index < -0.39 is 12.0 Å². The van der Waals surface area contributed by atoms with Crippen molar-refractivity contribution in [3.05, 3.63) is 18.2 Å². The molecule has 0 aromatic carbocycles. The average molecular weight is 212 g/mol. The minimum atomic E-state index is -1.14. The number of hydrogen-bond donors (Lipinski definition) is 4. The summed E-state index contributed by atoms with van der Waals surface area (Å²) < 4.78 is 0. The first-order chi connectivity index (χ1) is 7.09. The van der Waals surface area contributed by atoms with E-state index in [1.165, 1.54) is 12.5 Å². The molecule has 1 atom stereocenters. The normalized spacial score (nSPS) is 12.1. The zero-order valence-corrected chi connectivity index (χ0v) is 7.93. The molecule has 0 radical (unpaired) electrons. The van der Waals surface area contributed by atoms with Crippen molar-refractivity contribution in [2.75, 3.05) is 6.54 Å². The molecule has 82 valence electrons. The minimum absolute atomic E-state index is 0.0810. The fourth-order valence-electron chi connectivity index (χ4n) is 0.928. The number of amides is 1.